The summed E-state index contributed by atoms with van der Waals surface area (Å²) in [6.45, 7) is 16.5. The Bertz CT molecular complexity index is 1230. The quantitative estimate of drug-likeness (QED) is 0.382. The average Bonchev–Trinajstić information content (AvgIpc) is 2.83. The number of nitrogens with one attached hydrogen (secondary N) is 2. The molecular formula is C31H44N4O5. The summed E-state index contributed by atoms with van der Waals surface area (Å²) in [6, 6.07) is 8.51. The van der Waals surface area contributed by atoms with Gasteiger partial charge < -0.3 is 26.0 Å². The molecule has 0 aliphatic carbocycles. The summed E-state index contributed by atoms with van der Waals surface area (Å²) >= 11 is 0. The van der Waals surface area contributed by atoms with E-state index < -0.39 is 54.0 Å². The third-order valence-electron chi connectivity index (χ3n) is 6.82. The maximum Gasteiger partial charge on any atom is 0.408 e. The third kappa shape index (κ3) is 8.56. The maximum atomic E-state index is 14.2. The van der Waals surface area contributed by atoms with E-state index in [1.165, 1.54) is 4.90 Å². The Labute approximate surface area is 237 Å². The Hall–Kier alpha value is -3.88. The molecule has 0 aromatic heterocycles. The highest BCUT2D eigenvalue weighted by atomic mass is 16.6. The zero-order valence-corrected chi connectivity index (χ0v) is 25.2. The molecule has 4 N–H and O–H groups in total. The van der Waals surface area contributed by atoms with Gasteiger partial charge in [0.05, 0.1) is 6.42 Å². The highest BCUT2D eigenvalue weighted by molar-refractivity contribution is 6.00. The summed E-state index contributed by atoms with van der Waals surface area (Å²) in [5.41, 5.74) is 9.69. The first-order valence-corrected chi connectivity index (χ1v) is 13.6. The molecule has 0 saturated heterocycles. The van der Waals surface area contributed by atoms with Crippen molar-refractivity contribution in [2.75, 3.05) is 5.32 Å². The number of carbonyl (C=O) groups excluding carboxylic acids is 4. The van der Waals surface area contributed by atoms with Crippen molar-refractivity contribution >= 4 is 29.5 Å². The summed E-state index contributed by atoms with van der Waals surface area (Å²) in [5, 5.41) is 5.55. The lowest BCUT2D eigenvalue weighted by atomic mass is 9.96. The van der Waals surface area contributed by atoms with Gasteiger partial charge >= 0.3 is 6.09 Å². The van der Waals surface area contributed by atoms with E-state index in [-0.39, 0.29) is 0 Å². The molecule has 2 aromatic rings. The third-order valence-corrected chi connectivity index (χ3v) is 6.82. The van der Waals surface area contributed by atoms with Crippen LogP contribution in [0.2, 0.25) is 0 Å². The molecule has 3 atom stereocenters. The van der Waals surface area contributed by atoms with E-state index in [4.69, 9.17) is 10.5 Å². The van der Waals surface area contributed by atoms with Gasteiger partial charge in [-0.3, -0.25) is 14.4 Å². The number of anilines is 1. The summed E-state index contributed by atoms with van der Waals surface area (Å²) < 4.78 is 5.34. The molecule has 0 aliphatic heterocycles. The van der Waals surface area contributed by atoms with Crippen LogP contribution in [-0.4, -0.2) is 46.4 Å². The van der Waals surface area contributed by atoms with Gasteiger partial charge in [-0.25, -0.2) is 4.79 Å². The van der Waals surface area contributed by atoms with Gasteiger partial charge in [0.25, 0.3) is 5.91 Å². The van der Waals surface area contributed by atoms with Crippen LogP contribution in [-0.2, 0) is 19.1 Å². The topological polar surface area (TPSA) is 131 Å². The Morgan fingerprint density at radius 2 is 1.55 bits per heavy atom. The number of para-hydroxylation sites is 1. The minimum atomic E-state index is -1.33. The summed E-state index contributed by atoms with van der Waals surface area (Å²) in [6.07, 6.45) is -0.804. The van der Waals surface area contributed by atoms with Gasteiger partial charge in [-0.15, -0.1) is 0 Å². The molecular weight excluding hydrogens is 508 g/mol. The van der Waals surface area contributed by atoms with Crippen LogP contribution in [0.25, 0.3) is 0 Å². The van der Waals surface area contributed by atoms with Crippen molar-refractivity contribution in [2.45, 2.75) is 98.9 Å². The second kappa shape index (κ2) is 13.5. The van der Waals surface area contributed by atoms with Gasteiger partial charge in [-0.2, -0.15) is 0 Å². The molecule has 0 bridgehead atoms. The van der Waals surface area contributed by atoms with Gasteiger partial charge in [0.1, 0.15) is 17.7 Å². The molecule has 40 heavy (non-hydrogen) atoms. The molecule has 2 rings (SSSR count). The highest BCUT2D eigenvalue weighted by Crippen LogP contribution is 2.30. The van der Waals surface area contributed by atoms with Gasteiger partial charge in [0.15, 0.2) is 0 Å². The molecule has 0 radical (unpaired) electrons. The smallest absolute Gasteiger partial charge is 0.408 e. The van der Waals surface area contributed by atoms with Crippen molar-refractivity contribution < 1.29 is 23.9 Å². The number of primary amides is 1. The van der Waals surface area contributed by atoms with E-state index in [0.29, 0.717) is 17.7 Å². The molecule has 3 unspecified atom stereocenters. The lowest BCUT2D eigenvalue weighted by Crippen LogP contribution is -2.55. The Kier molecular flexibility index (Phi) is 10.9. The highest BCUT2D eigenvalue weighted by Gasteiger charge is 2.39. The molecule has 4 amide bonds. The number of ether oxygens (including phenoxy) is 1. The zero-order valence-electron chi connectivity index (χ0n) is 25.2. The predicted molar refractivity (Wildman–Crippen MR) is 157 cm³/mol. The van der Waals surface area contributed by atoms with Crippen LogP contribution in [0.5, 0.6) is 0 Å². The normalized spacial score (nSPS) is 13.5. The van der Waals surface area contributed by atoms with Crippen LogP contribution in [0.15, 0.2) is 36.4 Å². The van der Waals surface area contributed by atoms with E-state index in [9.17, 15) is 19.2 Å². The van der Waals surface area contributed by atoms with Crippen molar-refractivity contribution in [1.82, 2.24) is 10.2 Å². The first-order chi connectivity index (χ1) is 18.5. The molecule has 0 fully saturated rings. The molecule has 0 aliphatic rings. The van der Waals surface area contributed by atoms with Crippen molar-refractivity contribution in [1.29, 1.82) is 0 Å². The zero-order chi connectivity index (χ0) is 30.4. The fraction of sp³-hybridized carbons (Fsp3) is 0.484. The predicted octanol–water partition coefficient (Wildman–Crippen LogP) is 5.00. The first kappa shape index (κ1) is 32.3. The average molecular weight is 553 g/mol. The molecule has 0 spiro atoms. The van der Waals surface area contributed by atoms with E-state index in [1.54, 1.807) is 20.8 Å². The lowest BCUT2D eigenvalue weighted by molar-refractivity contribution is -0.144. The number of hydrogen-bond donors (Lipinski definition) is 3. The SMILES string of the molecule is CCC(C)N(C(=O)C(CC(N)=O)NC(=O)OC(C)(C)C)C(C(=O)Nc1c(C)cccc1C)c1ccc(C)c(C)c1. The number of hydrogen-bond acceptors (Lipinski definition) is 5. The van der Waals surface area contributed by atoms with Crippen LogP contribution in [0, 0.1) is 27.7 Å². The fourth-order valence-electron chi connectivity index (χ4n) is 4.40. The van der Waals surface area contributed by atoms with Crippen LogP contribution < -0.4 is 16.4 Å². The maximum absolute atomic E-state index is 14.2. The molecule has 9 nitrogen and oxygen atoms in total. The number of nitrogens with two attached hydrogens (primary N) is 1. The van der Waals surface area contributed by atoms with Gasteiger partial charge in [-0.05, 0) is 89.6 Å². The molecule has 0 saturated carbocycles. The van der Waals surface area contributed by atoms with Crippen molar-refractivity contribution in [3.63, 3.8) is 0 Å². The minimum Gasteiger partial charge on any atom is -0.444 e. The monoisotopic (exact) mass is 552 g/mol. The second-order valence-electron chi connectivity index (χ2n) is 11.4. The number of aryl methyl sites for hydroxylation is 4. The summed E-state index contributed by atoms with van der Waals surface area (Å²) in [7, 11) is 0. The second-order valence-corrected chi connectivity index (χ2v) is 11.4. The van der Waals surface area contributed by atoms with Gasteiger partial charge in [-0.1, -0.05) is 43.3 Å². The number of nitrogens with zero attached hydrogens (tertiary/aromatic N) is 1. The standard InChI is InChI=1S/C31H44N4O5/c1-10-22(6)35(29(38)24(17-25(32)36)33-30(39)40-31(7,8)9)27(23-15-14-18(2)21(5)16-23)28(37)34-26-19(3)12-11-13-20(26)4/h11-16,22,24,27H,10,17H2,1-9H3,(H2,32,36)(H,33,39)(H,34,37). The number of carbonyl (C=O) groups is 4. The van der Waals surface area contributed by atoms with Crippen molar-refractivity contribution in [3.05, 3.63) is 64.2 Å². The van der Waals surface area contributed by atoms with Crippen LogP contribution >= 0.6 is 0 Å². The summed E-state index contributed by atoms with van der Waals surface area (Å²) in [5.74, 6) is -1.80. The lowest BCUT2D eigenvalue weighted by Gasteiger charge is -2.38. The van der Waals surface area contributed by atoms with Crippen molar-refractivity contribution in [3.8, 4) is 0 Å². The number of amides is 4. The van der Waals surface area contributed by atoms with Gasteiger partial charge in [0.2, 0.25) is 11.8 Å². The largest absolute Gasteiger partial charge is 0.444 e. The minimum absolute atomic E-state index is 0.413. The van der Waals surface area contributed by atoms with Crippen molar-refractivity contribution in [2.24, 2.45) is 5.73 Å². The first-order valence-electron chi connectivity index (χ1n) is 13.6. The van der Waals surface area contributed by atoms with E-state index in [1.807, 2.05) is 77.9 Å². The summed E-state index contributed by atoms with van der Waals surface area (Å²) in [4.78, 5) is 54.4. The molecule has 0 heterocycles. The molecule has 9 heteroatoms. The Balaban J connectivity index is 2.66. The molecule has 218 valence electrons. The van der Waals surface area contributed by atoms with E-state index in [0.717, 1.165) is 22.3 Å². The van der Waals surface area contributed by atoms with E-state index in [2.05, 4.69) is 10.6 Å². The Morgan fingerprint density at radius 3 is 2.05 bits per heavy atom. The molecule has 2 aromatic carbocycles. The number of alkyl carbamates (subject to hydrolysis) is 1. The van der Waals surface area contributed by atoms with E-state index >= 15 is 0 Å². The van der Waals surface area contributed by atoms with Crippen LogP contribution in [0.4, 0.5) is 10.5 Å². The van der Waals surface area contributed by atoms with Crippen LogP contribution in [0.1, 0.15) is 81.3 Å². The number of rotatable bonds is 10. The fourth-order valence-corrected chi connectivity index (χ4v) is 4.40. The van der Waals surface area contributed by atoms with Crippen LogP contribution in [0.3, 0.4) is 0 Å². The Morgan fingerprint density at radius 1 is 0.950 bits per heavy atom. The number of benzene rings is 2. The van der Waals surface area contributed by atoms with Gasteiger partial charge in [0, 0.05) is 11.7 Å².